The molecule has 5 heterocycles. The van der Waals surface area contributed by atoms with Crippen molar-refractivity contribution in [3.8, 4) is 11.4 Å². The summed E-state index contributed by atoms with van der Waals surface area (Å²) in [5.74, 6) is 0.877. The number of aryl methyl sites for hydroxylation is 1. The molecule has 2 aromatic heterocycles. The van der Waals surface area contributed by atoms with E-state index in [4.69, 9.17) is 9.47 Å². The van der Waals surface area contributed by atoms with Crippen LogP contribution in [0.4, 0.5) is 0 Å². The highest BCUT2D eigenvalue weighted by Crippen LogP contribution is 2.36. The van der Waals surface area contributed by atoms with E-state index in [1.54, 1.807) is 22.2 Å². The molecular weight excluding hydrogens is 434 g/mol. The predicted molar refractivity (Wildman–Crippen MR) is 131 cm³/mol. The Morgan fingerprint density at radius 2 is 1.94 bits per heavy atom. The van der Waals surface area contributed by atoms with Gasteiger partial charge in [-0.15, -0.1) is 11.3 Å². The minimum atomic E-state index is -0.00562. The Morgan fingerprint density at radius 1 is 1.15 bits per heavy atom. The maximum Gasteiger partial charge on any atom is 0.275 e. The number of hydrogen-bond donors (Lipinski definition) is 0. The molecule has 0 N–H and O–H groups in total. The number of ether oxygens (including phenoxy) is 2. The van der Waals surface area contributed by atoms with Gasteiger partial charge in [-0.25, -0.2) is 4.98 Å². The summed E-state index contributed by atoms with van der Waals surface area (Å²) in [4.78, 5) is 21.5. The summed E-state index contributed by atoms with van der Waals surface area (Å²) in [6.07, 6.45) is 11.3. The largest absolute Gasteiger partial charge is 0.490 e. The molecule has 3 unspecified atom stereocenters. The molecule has 6 rings (SSSR count). The zero-order valence-corrected chi connectivity index (χ0v) is 19.9. The third-order valence-electron chi connectivity index (χ3n) is 7.70. The van der Waals surface area contributed by atoms with Gasteiger partial charge >= 0.3 is 0 Å². The molecule has 3 aliphatic rings. The first-order valence-electron chi connectivity index (χ1n) is 12.2. The second-order valence-electron chi connectivity index (χ2n) is 9.78. The second-order valence-corrected chi connectivity index (χ2v) is 10.9. The standard InChI is InChI=1S/C26H31N3O3S/c1-28-18-4-5-19(28)14-22(13-18)32-21-8-6-17(7-9-21)29-16-27-24-15-23(33-25(24)26(29)30)11-10-20-3-2-12-31-20/h6-9,15-16,18-20,22H,2-5,10-14H2,1H3. The number of rotatable bonds is 6. The molecule has 3 fully saturated rings. The fourth-order valence-corrected chi connectivity index (χ4v) is 6.83. The first-order chi connectivity index (χ1) is 16.1. The molecule has 7 heteroatoms. The number of fused-ring (bicyclic) bond motifs is 3. The van der Waals surface area contributed by atoms with Gasteiger partial charge < -0.3 is 14.4 Å². The van der Waals surface area contributed by atoms with Crippen molar-refractivity contribution in [1.82, 2.24) is 14.5 Å². The van der Waals surface area contributed by atoms with Crippen LogP contribution in [-0.4, -0.2) is 52.4 Å². The fraction of sp³-hybridized carbons (Fsp3) is 0.538. The van der Waals surface area contributed by atoms with Gasteiger partial charge in [0.25, 0.3) is 5.56 Å². The molecule has 0 radical (unpaired) electrons. The molecule has 3 saturated heterocycles. The normalized spacial score (nSPS) is 27.4. The van der Waals surface area contributed by atoms with Gasteiger partial charge in [-0.1, -0.05) is 0 Å². The first-order valence-corrected chi connectivity index (χ1v) is 13.1. The summed E-state index contributed by atoms with van der Waals surface area (Å²) in [5, 5.41) is 0. The average molecular weight is 466 g/mol. The summed E-state index contributed by atoms with van der Waals surface area (Å²) in [5.41, 5.74) is 1.61. The lowest BCUT2D eigenvalue weighted by Crippen LogP contribution is -2.43. The average Bonchev–Trinajstić information content (AvgIpc) is 3.53. The van der Waals surface area contributed by atoms with E-state index in [9.17, 15) is 4.79 Å². The molecule has 0 amide bonds. The van der Waals surface area contributed by atoms with Crippen molar-refractivity contribution in [3.05, 3.63) is 51.9 Å². The third-order valence-corrected chi connectivity index (χ3v) is 8.87. The van der Waals surface area contributed by atoms with Gasteiger partial charge in [-0.05, 0) is 88.7 Å². The van der Waals surface area contributed by atoms with Crippen molar-refractivity contribution in [2.24, 2.45) is 0 Å². The summed E-state index contributed by atoms with van der Waals surface area (Å²) < 4.78 is 14.4. The van der Waals surface area contributed by atoms with E-state index in [2.05, 4.69) is 23.0 Å². The highest BCUT2D eigenvalue weighted by Gasteiger charge is 2.39. The zero-order valence-electron chi connectivity index (χ0n) is 19.1. The summed E-state index contributed by atoms with van der Waals surface area (Å²) in [6, 6.07) is 11.3. The zero-order chi connectivity index (χ0) is 22.4. The molecule has 33 heavy (non-hydrogen) atoms. The fourth-order valence-electron chi connectivity index (χ4n) is 5.78. The Bertz CT molecular complexity index is 1170. The second kappa shape index (κ2) is 8.85. The smallest absolute Gasteiger partial charge is 0.275 e. The highest BCUT2D eigenvalue weighted by molar-refractivity contribution is 7.18. The molecule has 0 spiro atoms. The van der Waals surface area contributed by atoms with Crippen molar-refractivity contribution in [2.45, 2.75) is 75.7 Å². The minimum Gasteiger partial charge on any atom is -0.490 e. The van der Waals surface area contributed by atoms with Crippen LogP contribution in [0.3, 0.4) is 0 Å². The lowest BCUT2D eigenvalue weighted by Gasteiger charge is -2.36. The number of aromatic nitrogens is 2. The van der Waals surface area contributed by atoms with Crippen molar-refractivity contribution in [1.29, 1.82) is 0 Å². The van der Waals surface area contributed by atoms with Gasteiger partial charge in [0, 0.05) is 23.6 Å². The number of benzene rings is 1. The van der Waals surface area contributed by atoms with Crippen molar-refractivity contribution < 1.29 is 9.47 Å². The van der Waals surface area contributed by atoms with Crippen LogP contribution in [0, 0.1) is 0 Å². The molecule has 3 atom stereocenters. The Hall–Kier alpha value is -2.22. The van der Waals surface area contributed by atoms with Crippen LogP contribution in [0.2, 0.25) is 0 Å². The Kier molecular flexibility index (Phi) is 5.72. The Labute approximate surface area is 198 Å². The summed E-state index contributed by atoms with van der Waals surface area (Å²) in [6.45, 7) is 0.881. The number of nitrogens with zero attached hydrogens (tertiary/aromatic N) is 3. The molecule has 2 bridgehead atoms. The van der Waals surface area contributed by atoms with Gasteiger partial charge in [0.1, 0.15) is 22.9 Å². The summed E-state index contributed by atoms with van der Waals surface area (Å²) >= 11 is 1.57. The van der Waals surface area contributed by atoms with E-state index >= 15 is 0 Å². The third kappa shape index (κ3) is 4.22. The topological polar surface area (TPSA) is 56.6 Å². The maximum absolute atomic E-state index is 13.2. The lowest BCUT2D eigenvalue weighted by atomic mass is 10.0. The first kappa shape index (κ1) is 21.3. The van der Waals surface area contributed by atoms with E-state index < -0.39 is 0 Å². The van der Waals surface area contributed by atoms with E-state index in [1.165, 1.54) is 17.7 Å². The number of piperidine rings is 1. The van der Waals surface area contributed by atoms with Crippen molar-refractivity contribution >= 4 is 21.6 Å². The molecule has 1 aromatic carbocycles. The Morgan fingerprint density at radius 3 is 2.67 bits per heavy atom. The van der Waals surface area contributed by atoms with E-state index in [0.29, 0.717) is 18.2 Å². The van der Waals surface area contributed by atoms with Crippen LogP contribution >= 0.6 is 11.3 Å². The van der Waals surface area contributed by atoms with Crippen LogP contribution in [0.5, 0.6) is 5.75 Å². The number of hydrogen-bond acceptors (Lipinski definition) is 6. The van der Waals surface area contributed by atoms with E-state index in [0.717, 1.165) is 66.8 Å². The predicted octanol–water partition coefficient (Wildman–Crippen LogP) is 4.56. The molecule has 0 aliphatic carbocycles. The van der Waals surface area contributed by atoms with Crippen LogP contribution in [0.15, 0.2) is 41.5 Å². The quantitative estimate of drug-likeness (QED) is 0.534. The van der Waals surface area contributed by atoms with Crippen molar-refractivity contribution in [2.75, 3.05) is 13.7 Å². The molecule has 0 saturated carbocycles. The highest BCUT2D eigenvalue weighted by atomic mass is 32.1. The van der Waals surface area contributed by atoms with Crippen LogP contribution in [-0.2, 0) is 11.2 Å². The lowest BCUT2D eigenvalue weighted by molar-refractivity contribution is 0.0662. The van der Waals surface area contributed by atoms with Gasteiger partial charge in [0.05, 0.1) is 17.3 Å². The number of thiophene rings is 1. The summed E-state index contributed by atoms with van der Waals surface area (Å²) in [7, 11) is 2.25. The van der Waals surface area contributed by atoms with Crippen molar-refractivity contribution in [3.63, 3.8) is 0 Å². The van der Waals surface area contributed by atoms with Crippen LogP contribution in [0.1, 0.15) is 49.8 Å². The van der Waals surface area contributed by atoms with Crippen LogP contribution in [0.25, 0.3) is 15.9 Å². The molecule has 3 aliphatic heterocycles. The monoisotopic (exact) mass is 465 g/mol. The van der Waals surface area contributed by atoms with Gasteiger partial charge in [0.15, 0.2) is 0 Å². The van der Waals surface area contributed by atoms with E-state index in [-0.39, 0.29) is 11.7 Å². The van der Waals surface area contributed by atoms with E-state index in [1.807, 2.05) is 24.3 Å². The van der Waals surface area contributed by atoms with Gasteiger partial charge in [0.2, 0.25) is 0 Å². The molecule has 3 aromatic rings. The SMILES string of the molecule is CN1C2CCC1CC(Oc1ccc(-n3cnc4cc(CCC5CCCO5)sc4c3=O)cc1)C2. The molecule has 6 nitrogen and oxygen atoms in total. The van der Waals surface area contributed by atoms with Crippen LogP contribution < -0.4 is 10.3 Å². The van der Waals surface area contributed by atoms with Gasteiger partial charge in [-0.3, -0.25) is 9.36 Å². The molecular formula is C26H31N3O3S. The minimum absolute atomic E-state index is 0.00562. The maximum atomic E-state index is 13.2. The van der Waals surface area contributed by atoms with Gasteiger partial charge in [-0.2, -0.15) is 0 Å². The molecule has 174 valence electrons. The Balaban J connectivity index is 1.16.